The Morgan fingerprint density at radius 1 is 0.309 bits per heavy atom. The Kier molecular flexibility index (Phi) is 51.5. The minimum Gasteiger partial charge on any atom is -0.462 e. The maximum absolute atomic E-state index is 12.8. The first kappa shape index (κ1) is 63.5. The molecule has 0 N–H and O–H groups in total. The molecule has 0 radical (unpaired) electrons. The van der Waals surface area contributed by atoms with Crippen LogP contribution in [0.3, 0.4) is 0 Å². The summed E-state index contributed by atoms with van der Waals surface area (Å²) in [5.74, 6) is -0.992. The van der Waals surface area contributed by atoms with Crippen molar-refractivity contribution >= 4 is 17.9 Å². The third-order valence-electron chi connectivity index (χ3n) is 10.9. The quantitative estimate of drug-likeness (QED) is 0.0262. The van der Waals surface area contributed by atoms with Crippen LogP contribution >= 0.6 is 0 Å². The van der Waals surface area contributed by atoms with E-state index in [1.54, 1.807) is 0 Å². The lowest BCUT2D eigenvalue weighted by molar-refractivity contribution is -0.167. The summed E-state index contributed by atoms with van der Waals surface area (Å²) in [6.45, 7) is 6.31. The molecule has 0 aromatic carbocycles. The standard InChI is InChI=1S/C62H98O6/c1-4-7-10-13-16-19-22-24-25-26-27-28-29-30-31-32-33-34-35-36-37-39-40-43-46-49-52-55-61(64)67-58-59(57-66-60(63)54-51-48-45-42-21-18-15-12-9-6-3)68-62(65)56-53-50-47-44-41-38-23-20-17-14-11-8-5-2/h7-8,10-11,16-17,19-20,24-25,27-28,30-31,33-34,36-38,40-41,43,59H,4-6,9,12-15,18,21-23,26,29,32,35,39,42,44-58H2,1-3H3/b10-7-,11-8-,19-16-,20-17-,25-24-,28-27-,31-30-,34-33-,37-36-,41-38-,43-40-. The first-order valence-electron chi connectivity index (χ1n) is 27.2. The normalized spacial score (nSPS) is 13.2. The van der Waals surface area contributed by atoms with Crippen LogP contribution in [-0.4, -0.2) is 37.2 Å². The van der Waals surface area contributed by atoms with Gasteiger partial charge in [0.05, 0.1) is 0 Å². The molecule has 0 fully saturated rings. The number of hydrogen-bond acceptors (Lipinski definition) is 6. The molecule has 0 heterocycles. The van der Waals surface area contributed by atoms with E-state index in [-0.39, 0.29) is 37.5 Å². The van der Waals surface area contributed by atoms with Crippen molar-refractivity contribution < 1.29 is 28.6 Å². The van der Waals surface area contributed by atoms with E-state index in [0.29, 0.717) is 19.3 Å². The average Bonchev–Trinajstić information content (AvgIpc) is 3.34. The van der Waals surface area contributed by atoms with E-state index in [0.717, 1.165) is 128 Å². The smallest absolute Gasteiger partial charge is 0.306 e. The molecule has 0 aliphatic rings. The van der Waals surface area contributed by atoms with E-state index in [2.05, 4.69) is 154 Å². The van der Waals surface area contributed by atoms with Gasteiger partial charge in [0.15, 0.2) is 6.10 Å². The van der Waals surface area contributed by atoms with Crippen LogP contribution < -0.4 is 0 Å². The van der Waals surface area contributed by atoms with Crippen molar-refractivity contribution in [3.63, 3.8) is 0 Å². The summed E-state index contributed by atoms with van der Waals surface area (Å²) in [5.41, 5.74) is 0. The Balaban J connectivity index is 4.41. The number of hydrogen-bond donors (Lipinski definition) is 0. The predicted octanol–water partition coefficient (Wildman–Crippen LogP) is 18.3. The van der Waals surface area contributed by atoms with Gasteiger partial charge in [-0.25, -0.2) is 0 Å². The Labute approximate surface area is 417 Å². The molecular weight excluding hydrogens is 841 g/mol. The van der Waals surface area contributed by atoms with Gasteiger partial charge < -0.3 is 14.2 Å². The topological polar surface area (TPSA) is 78.9 Å². The fourth-order valence-electron chi connectivity index (χ4n) is 6.88. The monoisotopic (exact) mass is 939 g/mol. The third kappa shape index (κ3) is 52.5. The van der Waals surface area contributed by atoms with E-state index in [9.17, 15) is 14.4 Å². The molecule has 0 aliphatic carbocycles. The summed E-state index contributed by atoms with van der Waals surface area (Å²) in [6, 6.07) is 0. The summed E-state index contributed by atoms with van der Waals surface area (Å²) in [4.78, 5) is 37.9. The van der Waals surface area contributed by atoms with Crippen LogP contribution in [0.1, 0.15) is 220 Å². The molecule has 0 aliphatic heterocycles. The number of esters is 3. The van der Waals surface area contributed by atoms with Gasteiger partial charge in [0.1, 0.15) is 13.2 Å². The zero-order chi connectivity index (χ0) is 49.3. The summed E-state index contributed by atoms with van der Waals surface area (Å²) in [6.07, 6.45) is 77.4. The van der Waals surface area contributed by atoms with Gasteiger partial charge in [-0.3, -0.25) is 14.4 Å². The Morgan fingerprint density at radius 3 is 0.926 bits per heavy atom. The molecule has 0 aromatic rings. The van der Waals surface area contributed by atoms with Crippen molar-refractivity contribution in [1.82, 2.24) is 0 Å². The van der Waals surface area contributed by atoms with Crippen LogP contribution in [-0.2, 0) is 28.6 Å². The first-order chi connectivity index (χ1) is 33.5. The molecule has 6 heteroatoms. The Hall–Kier alpha value is -4.45. The van der Waals surface area contributed by atoms with Crippen molar-refractivity contribution in [2.75, 3.05) is 13.2 Å². The van der Waals surface area contributed by atoms with Gasteiger partial charge in [0, 0.05) is 19.3 Å². The van der Waals surface area contributed by atoms with Crippen LogP contribution in [0.15, 0.2) is 134 Å². The van der Waals surface area contributed by atoms with Gasteiger partial charge in [0.2, 0.25) is 0 Å². The highest BCUT2D eigenvalue weighted by Gasteiger charge is 2.19. The largest absolute Gasteiger partial charge is 0.462 e. The molecular formula is C62H98O6. The van der Waals surface area contributed by atoms with Gasteiger partial charge in [-0.1, -0.05) is 219 Å². The zero-order valence-corrected chi connectivity index (χ0v) is 43.6. The first-order valence-corrected chi connectivity index (χ1v) is 27.2. The number of carbonyl (C=O) groups is 3. The van der Waals surface area contributed by atoms with Crippen molar-refractivity contribution in [2.45, 2.75) is 226 Å². The van der Waals surface area contributed by atoms with Crippen LogP contribution in [0.5, 0.6) is 0 Å². The fraction of sp³-hybridized carbons (Fsp3) is 0.597. The van der Waals surface area contributed by atoms with Crippen molar-refractivity contribution in [3.05, 3.63) is 134 Å². The number of carbonyl (C=O) groups excluding carboxylic acids is 3. The van der Waals surface area contributed by atoms with Crippen molar-refractivity contribution in [3.8, 4) is 0 Å². The number of ether oxygens (including phenoxy) is 3. The fourth-order valence-corrected chi connectivity index (χ4v) is 6.88. The third-order valence-corrected chi connectivity index (χ3v) is 10.9. The minimum atomic E-state index is -0.813. The van der Waals surface area contributed by atoms with Crippen molar-refractivity contribution in [1.29, 1.82) is 0 Å². The van der Waals surface area contributed by atoms with Crippen LogP contribution in [0, 0.1) is 0 Å². The van der Waals surface area contributed by atoms with Crippen molar-refractivity contribution in [2.24, 2.45) is 0 Å². The molecule has 382 valence electrons. The molecule has 1 unspecified atom stereocenters. The number of unbranched alkanes of at least 4 members (excludes halogenated alkanes) is 14. The van der Waals surface area contributed by atoms with E-state index in [1.807, 2.05) is 0 Å². The van der Waals surface area contributed by atoms with E-state index >= 15 is 0 Å². The number of allylic oxidation sites excluding steroid dienone is 22. The SMILES string of the molecule is CC/C=C\C/C=C\C/C=C\C/C=C\C/C=C\C/C=C\C/C=C\C/C=C\CCCCC(=O)OCC(COC(=O)CCCCCCCCCCCC)OC(=O)CCCCC/C=C\C/C=C\C/C=C\CC. The van der Waals surface area contributed by atoms with E-state index in [4.69, 9.17) is 14.2 Å². The van der Waals surface area contributed by atoms with E-state index < -0.39 is 6.10 Å². The number of rotatable bonds is 47. The van der Waals surface area contributed by atoms with E-state index in [1.165, 1.54) is 44.9 Å². The maximum atomic E-state index is 12.8. The summed E-state index contributed by atoms with van der Waals surface area (Å²) in [7, 11) is 0. The predicted molar refractivity (Wildman–Crippen MR) is 292 cm³/mol. The molecule has 0 saturated carbocycles. The lowest BCUT2D eigenvalue weighted by atomic mass is 10.1. The van der Waals surface area contributed by atoms with Gasteiger partial charge in [-0.15, -0.1) is 0 Å². The molecule has 0 amide bonds. The highest BCUT2D eigenvalue weighted by atomic mass is 16.6. The van der Waals surface area contributed by atoms with Gasteiger partial charge >= 0.3 is 17.9 Å². The lowest BCUT2D eigenvalue weighted by Crippen LogP contribution is -2.30. The highest BCUT2D eigenvalue weighted by Crippen LogP contribution is 2.13. The van der Waals surface area contributed by atoms with Crippen LogP contribution in [0.25, 0.3) is 0 Å². The second kappa shape index (κ2) is 55.1. The van der Waals surface area contributed by atoms with Crippen LogP contribution in [0.2, 0.25) is 0 Å². The molecule has 0 spiro atoms. The minimum absolute atomic E-state index is 0.107. The second-order valence-corrected chi connectivity index (χ2v) is 17.4. The molecule has 0 aromatic heterocycles. The lowest BCUT2D eigenvalue weighted by Gasteiger charge is -2.18. The molecule has 0 saturated heterocycles. The Morgan fingerprint density at radius 2 is 0.574 bits per heavy atom. The van der Waals surface area contributed by atoms with Crippen LogP contribution in [0.4, 0.5) is 0 Å². The zero-order valence-electron chi connectivity index (χ0n) is 43.6. The van der Waals surface area contributed by atoms with Gasteiger partial charge in [0.25, 0.3) is 0 Å². The molecule has 0 rings (SSSR count). The molecule has 1 atom stereocenters. The maximum Gasteiger partial charge on any atom is 0.306 e. The average molecular weight is 939 g/mol. The molecule has 0 bridgehead atoms. The molecule has 6 nitrogen and oxygen atoms in total. The second-order valence-electron chi connectivity index (χ2n) is 17.4. The summed E-state index contributed by atoms with van der Waals surface area (Å²) in [5, 5.41) is 0. The summed E-state index contributed by atoms with van der Waals surface area (Å²) >= 11 is 0. The highest BCUT2D eigenvalue weighted by molar-refractivity contribution is 5.71. The summed E-state index contributed by atoms with van der Waals surface area (Å²) < 4.78 is 16.7. The Bertz CT molecular complexity index is 1500. The molecule has 68 heavy (non-hydrogen) atoms. The van der Waals surface area contributed by atoms with Gasteiger partial charge in [-0.2, -0.15) is 0 Å². The van der Waals surface area contributed by atoms with Gasteiger partial charge in [-0.05, 0) is 116 Å².